The zero-order valence-electron chi connectivity index (χ0n) is 12.2. The molecule has 0 unspecified atom stereocenters. The van der Waals surface area contributed by atoms with Gasteiger partial charge < -0.3 is 4.40 Å². The number of imidazole rings is 1. The summed E-state index contributed by atoms with van der Waals surface area (Å²) < 4.78 is 1.95. The zero-order chi connectivity index (χ0) is 15.9. The van der Waals surface area contributed by atoms with Crippen LogP contribution in [-0.4, -0.2) is 15.7 Å². The highest BCUT2D eigenvalue weighted by molar-refractivity contribution is 6.43. The number of hydrogen-bond donors (Lipinski definition) is 0. The van der Waals surface area contributed by atoms with Gasteiger partial charge in [0.05, 0.1) is 15.7 Å². The van der Waals surface area contributed by atoms with E-state index < -0.39 is 0 Å². The molecule has 0 atom stereocenters. The van der Waals surface area contributed by atoms with Crippen LogP contribution in [0.2, 0.25) is 10.0 Å². The lowest BCUT2D eigenvalue weighted by molar-refractivity contribution is 0.111. The van der Waals surface area contributed by atoms with E-state index in [9.17, 15) is 4.79 Å². The molecular formula is C17H14Cl2N2O. The van der Waals surface area contributed by atoms with Gasteiger partial charge in [-0.1, -0.05) is 49.2 Å². The van der Waals surface area contributed by atoms with Gasteiger partial charge in [-0.2, -0.15) is 0 Å². The van der Waals surface area contributed by atoms with Crippen molar-refractivity contribution in [2.24, 2.45) is 0 Å². The van der Waals surface area contributed by atoms with E-state index in [1.54, 1.807) is 6.07 Å². The number of nitrogens with zero attached hydrogens (tertiary/aromatic N) is 2. The molecular weight excluding hydrogens is 319 g/mol. The second kappa shape index (κ2) is 5.75. The number of aldehydes is 1. The van der Waals surface area contributed by atoms with Gasteiger partial charge in [-0.3, -0.25) is 4.79 Å². The fourth-order valence-corrected chi connectivity index (χ4v) is 3.09. The van der Waals surface area contributed by atoms with Crippen LogP contribution in [0.4, 0.5) is 0 Å². The summed E-state index contributed by atoms with van der Waals surface area (Å²) in [7, 11) is 0. The van der Waals surface area contributed by atoms with Crippen LogP contribution in [0.5, 0.6) is 0 Å². The lowest BCUT2D eigenvalue weighted by atomic mass is 10.1. The third-order valence-corrected chi connectivity index (χ3v) is 4.43. The van der Waals surface area contributed by atoms with Crippen molar-refractivity contribution in [3.8, 4) is 11.1 Å². The third kappa shape index (κ3) is 2.31. The van der Waals surface area contributed by atoms with E-state index in [4.69, 9.17) is 23.2 Å². The number of carbonyl (C=O) groups excluding carboxylic acids is 1. The minimum absolute atomic E-state index is 0.181. The molecule has 0 aliphatic carbocycles. The van der Waals surface area contributed by atoms with Crippen molar-refractivity contribution < 1.29 is 4.79 Å². The molecule has 0 spiro atoms. The third-order valence-electron chi connectivity index (χ3n) is 3.62. The van der Waals surface area contributed by atoms with Gasteiger partial charge in [0.2, 0.25) is 0 Å². The number of benzene rings is 1. The van der Waals surface area contributed by atoms with Gasteiger partial charge >= 0.3 is 0 Å². The first-order valence-electron chi connectivity index (χ1n) is 6.95. The molecule has 0 bridgehead atoms. The number of carbonyl (C=O) groups is 1. The molecule has 2 heterocycles. The summed E-state index contributed by atoms with van der Waals surface area (Å²) in [5.41, 5.74) is 3.71. The number of rotatable bonds is 3. The maximum absolute atomic E-state index is 11.3. The Labute approximate surface area is 138 Å². The first-order valence-corrected chi connectivity index (χ1v) is 7.70. The minimum Gasteiger partial charge on any atom is -0.303 e. The number of hydrogen-bond acceptors (Lipinski definition) is 2. The summed E-state index contributed by atoms with van der Waals surface area (Å²) in [6.07, 6.45) is 2.71. The Balaban J connectivity index is 2.37. The molecule has 0 aliphatic heterocycles. The summed E-state index contributed by atoms with van der Waals surface area (Å²) >= 11 is 12.4. The molecule has 0 amide bonds. The number of fused-ring (bicyclic) bond motifs is 1. The Morgan fingerprint density at radius 1 is 1.14 bits per heavy atom. The summed E-state index contributed by atoms with van der Waals surface area (Å²) in [4.78, 5) is 15.8. The molecule has 0 aliphatic rings. The molecule has 112 valence electrons. The van der Waals surface area contributed by atoms with Crippen molar-refractivity contribution in [1.29, 1.82) is 0 Å². The topological polar surface area (TPSA) is 34.4 Å². The van der Waals surface area contributed by atoms with E-state index in [1.165, 1.54) is 0 Å². The van der Waals surface area contributed by atoms with Crippen LogP contribution in [-0.2, 0) is 0 Å². The Morgan fingerprint density at radius 3 is 2.55 bits per heavy atom. The fraction of sp³-hybridized carbons (Fsp3) is 0.176. The van der Waals surface area contributed by atoms with Gasteiger partial charge in [0, 0.05) is 17.3 Å². The van der Waals surface area contributed by atoms with Crippen LogP contribution < -0.4 is 0 Å². The smallest absolute Gasteiger partial charge is 0.170 e. The molecule has 3 aromatic rings. The average Bonchev–Trinajstić information content (AvgIpc) is 2.88. The Bertz CT molecular complexity index is 868. The normalized spacial score (nSPS) is 11.3. The quantitative estimate of drug-likeness (QED) is 0.614. The van der Waals surface area contributed by atoms with Crippen molar-refractivity contribution in [2.75, 3.05) is 0 Å². The molecule has 0 saturated heterocycles. The predicted octanol–water partition coefficient (Wildman–Crippen LogP) is 5.24. The molecule has 22 heavy (non-hydrogen) atoms. The fourth-order valence-electron chi connectivity index (χ4n) is 2.69. The minimum atomic E-state index is 0.181. The molecule has 0 N–H and O–H groups in total. The first kappa shape index (κ1) is 15.1. The average molecular weight is 333 g/mol. The van der Waals surface area contributed by atoms with Gasteiger partial charge in [-0.25, -0.2) is 4.98 Å². The summed E-state index contributed by atoms with van der Waals surface area (Å²) in [6, 6.07) is 9.34. The second-order valence-corrected chi connectivity index (χ2v) is 6.16. The van der Waals surface area contributed by atoms with E-state index in [2.05, 4.69) is 4.98 Å². The van der Waals surface area contributed by atoms with Gasteiger partial charge in [0.15, 0.2) is 6.29 Å². The molecule has 3 rings (SSSR count). The molecule has 0 fully saturated rings. The van der Waals surface area contributed by atoms with Crippen LogP contribution in [0.1, 0.15) is 35.9 Å². The van der Waals surface area contributed by atoms with E-state index >= 15 is 0 Å². The molecule has 1 aromatic carbocycles. The standard InChI is InChI=1S/C17H14Cl2N2O/c1-10(2)16-14(9-22)20-17-12(6-4-8-21(16)17)11-5-3-7-13(18)15(11)19/h3-10H,1-2H3. The highest BCUT2D eigenvalue weighted by atomic mass is 35.5. The van der Waals surface area contributed by atoms with Crippen LogP contribution in [0, 0.1) is 0 Å². The Hall–Kier alpha value is -1.84. The van der Waals surface area contributed by atoms with Crippen molar-refractivity contribution >= 4 is 35.1 Å². The number of pyridine rings is 1. The number of halogens is 2. The highest BCUT2D eigenvalue weighted by Crippen LogP contribution is 2.36. The Morgan fingerprint density at radius 2 is 1.86 bits per heavy atom. The second-order valence-electron chi connectivity index (χ2n) is 5.37. The summed E-state index contributed by atoms with van der Waals surface area (Å²) in [5.74, 6) is 0.181. The van der Waals surface area contributed by atoms with E-state index in [0.29, 0.717) is 21.4 Å². The number of aromatic nitrogens is 2. The largest absolute Gasteiger partial charge is 0.303 e. The summed E-state index contributed by atoms with van der Waals surface area (Å²) in [6.45, 7) is 4.07. The molecule has 0 radical (unpaired) electrons. The Kier molecular flexibility index (Phi) is 3.94. The SMILES string of the molecule is CC(C)c1c(C=O)nc2c(-c3cccc(Cl)c3Cl)cccn12. The van der Waals surface area contributed by atoms with E-state index in [-0.39, 0.29) is 5.92 Å². The molecule has 5 heteroatoms. The van der Waals surface area contributed by atoms with E-state index in [0.717, 1.165) is 23.1 Å². The molecule has 3 nitrogen and oxygen atoms in total. The van der Waals surface area contributed by atoms with Crippen LogP contribution >= 0.6 is 23.2 Å². The van der Waals surface area contributed by atoms with E-state index in [1.807, 2.05) is 48.7 Å². The predicted molar refractivity (Wildman–Crippen MR) is 90.1 cm³/mol. The molecule has 2 aromatic heterocycles. The molecule has 0 saturated carbocycles. The highest BCUT2D eigenvalue weighted by Gasteiger charge is 2.18. The van der Waals surface area contributed by atoms with Crippen molar-refractivity contribution in [3.05, 3.63) is 58.0 Å². The van der Waals surface area contributed by atoms with Crippen LogP contribution in [0.25, 0.3) is 16.8 Å². The van der Waals surface area contributed by atoms with Gasteiger partial charge in [-0.15, -0.1) is 0 Å². The van der Waals surface area contributed by atoms with Gasteiger partial charge in [0.1, 0.15) is 11.3 Å². The van der Waals surface area contributed by atoms with Gasteiger partial charge in [-0.05, 0) is 24.1 Å². The monoisotopic (exact) mass is 332 g/mol. The maximum atomic E-state index is 11.3. The van der Waals surface area contributed by atoms with Crippen molar-refractivity contribution in [2.45, 2.75) is 19.8 Å². The maximum Gasteiger partial charge on any atom is 0.170 e. The van der Waals surface area contributed by atoms with Crippen LogP contribution in [0.3, 0.4) is 0 Å². The first-order chi connectivity index (χ1) is 10.5. The lowest BCUT2D eigenvalue weighted by Gasteiger charge is -2.09. The lowest BCUT2D eigenvalue weighted by Crippen LogP contribution is -1.98. The van der Waals surface area contributed by atoms with Crippen molar-refractivity contribution in [3.63, 3.8) is 0 Å². The van der Waals surface area contributed by atoms with Gasteiger partial charge in [0.25, 0.3) is 0 Å². The van der Waals surface area contributed by atoms with Crippen molar-refractivity contribution in [1.82, 2.24) is 9.38 Å². The summed E-state index contributed by atoms with van der Waals surface area (Å²) in [5, 5.41) is 0.978. The zero-order valence-corrected chi connectivity index (χ0v) is 13.7. The van der Waals surface area contributed by atoms with Crippen LogP contribution in [0.15, 0.2) is 36.5 Å².